The van der Waals surface area contributed by atoms with E-state index in [-0.39, 0.29) is 11.9 Å². The first-order chi connectivity index (χ1) is 13.0. The van der Waals surface area contributed by atoms with Gasteiger partial charge in [-0.05, 0) is 32.9 Å². The molecular weight excluding hydrogens is 342 g/mol. The Morgan fingerprint density at radius 1 is 1.22 bits per heavy atom. The third kappa shape index (κ3) is 3.09. The molecule has 1 aliphatic heterocycles. The number of carbonyl (C=O) groups is 1. The number of methoxy groups -OCH3 is 1. The Morgan fingerprint density at radius 2 is 2.04 bits per heavy atom. The Bertz CT molecular complexity index is 1030. The third-order valence-corrected chi connectivity index (χ3v) is 5.03. The molecule has 1 aliphatic rings. The molecule has 0 radical (unpaired) electrons. The van der Waals surface area contributed by atoms with Gasteiger partial charge in [0.25, 0.3) is 0 Å². The second-order valence-electron chi connectivity index (χ2n) is 6.98. The molecule has 27 heavy (non-hydrogen) atoms. The van der Waals surface area contributed by atoms with Crippen LogP contribution in [0.5, 0.6) is 5.75 Å². The van der Waals surface area contributed by atoms with Crippen LogP contribution in [-0.4, -0.2) is 40.2 Å². The highest BCUT2D eigenvalue weighted by molar-refractivity contribution is 5.96. The maximum absolute atomic E-state index is 12.6. The lowest BCUT2D eigenvalue weighted by Gasteiger charge is -2.18. The summed E-state index contributed by atoms with van der Waals surface area (Å²) in [6, 6.07) is 9.55. The summed E-state index contributed by atoms with van der Waals surface area (Å²) in [5, 5.41) is 8.08. The van der Waals surface area contributed by atoms with Crippen molar-refractivity contribution in [3.63, 3.8) is 0 Å². The number of hydrogen-bond acceptors (Lipinski definition) is 5. The highest BCUT2D eigenvalue weighted by Crippen LogP contribution is 2.27. The minimum atomic E-state index is -0.00138. The van der Waals surface area contributed by atoms with Crippen molar-refractivity contribution in [3.05, 3.63) is 47.3 Å². The van der Waals surface area contributed by atoms with E-state index in [1.165, 1.54) is 0 Å². The van der Waals surface area contributed by atoms with Gasteiger partial charge < -0.3 is 15.0 Å². The predicted octanol–water partition coefficient (Wildman–Crippen LogP) is 2.88. The number of ether oxygens (including phenoxy) is 1. The van der Waals surface area contributed by atoms with E-state index < -0.39 is 0 Å². The van der Waals surface area contributed by atoms with Gasteiger partial charge in [0.05, 0.1) is 18.8 Å². The van der Waals surface area contributed by atoms with Crippen LogP contribution in [0.15, 0.2) is 30.3 Å². The molecule has 1 aromatic carbocycles. The zero-order chi connectivity index (χ0) is 19.1. The smallest absolute Gasteiger partial charge is 0.229 e. The van der Waals surface area contributed by atoms with Gasteiger partial charge in [0.2, 0.25) is 5.91 Å². The normalized spacial score (nSPS) is 17.0. The summed E-state index contributed by atoms with van der Waals surface area (Å²) >= 11 is 0. The molecule has 1 amide bonds. The maximum atomic E-state index is 12.6. The molecule has 1 N–H and O–H groups in total. The van der Waals surface area contributed by atoms with E-state index in [1.54, 1.807) is 12.0 Å². The SMILES string of the molecule is COc1cccc(N2C[C@@H](Nc3cc(C)nc4c(C)c(C)nn34)CC2=O)c1. The number of aromatic nitrogens is 3. The Hall–Kier alpha value is -3.09. The van der Waals surface area contributed by atoms with Crippen molar-refractivity contribution in [3.8, 4) is 5.75 Å². The van der Waals surface area contributed by atoms with Crippen LogP contribution in [0.3, 0.4) is 0 Å². The van der Waals surface area contributed by atoms with Gasteiger partial charge in [0.1, 0.15) is 11.6 Å². The van der Waals surface area contributed by atoms with Crippen molar-refractivity contribution in [2.45, 2.75) is 33.2 Å². The molecule has 1 fully saturated rings. The van der Waals surface area contributed by atoms with Gasteiger partial charge in [-0.3, -0.25) is 4.79 Å². The summed E-state index contributed by atoms with van der Waals surface area (Å²) in [5.41, 5.74) is 4.65. The van der Waals surface area contributed by atoms with Crippen molar-refractivity contribution in [1.82, 2.24) is 14.6 Å². The van der Waals surface area contributed by atoms with Gasteiger partial charge in [0.15, 0.2) is 5.65 Å². The van der Waals surface area contributed by atoms with Crippen molar-refractivity contribution in [1.29, 1.82) is 0 Å². The number of aryl methyl sites for hydroxylation is 3. The summed E-state index contributed by atoms with van der Waals surface area (Å²) in [4.78, 5) is 19.0. The lowest BCUT2D eigenvalue weighted by molar-refractivity contribution is -0.117. The minimum Gasteiger partial charge on any atom is -0.497 e. The Kier molecular flexibility index (Phi) is 4.22. The number of nitrogens with one attached hydrogen (secondary N) is 1. The number of fused-ring (bicyclic) bond motifs is 1. The summed E-state index contributed by atoms with van der Waals surface area (Å²) in [7, 11) is 1.63. The molecule has 0 saturated carbocycles. The fraction of sp³-hybridized carbons (Fsp3) is 0.350. The fourth-order valence-electron chi connectivity index (χ4n) is 3.49. The van der Waals surface area contributed by atoms with Crippen LogP contribution in [0, 0.1) is 20.8 Å². The predicted molar refractivity (Wildman–Crippen MR) is 105 cm³/mol. The standard InChI is InChI=1S/C20H23N5O2/c1-12-8-18(25-20(21-12)13(2)14(3)23-25)22-15-9-19(26)24(11-15)16-6-5-7-17(10-16)27-4/h5-8,10,15,22H,9,11H2,1-4H3/t15-/m0/s1. The first-order valence-electron chi connectivity index (χ1n) is 9.01. The van der Waals surface area contributed by atoms with Gasteiger partial charge in [-0.15, -0.1) is 0 Å². The van der Waals surface area contributed by atoms with E-state index in [4.69, 9.17) is 4.74 Å². The molecular formula is C20H23N5O2. The van der Waals surface area contributed by atoms with Crippen LogP contribution in [0.1, 0.15) is 23.4 Å². The van der Waals surface area contributed by atoms with Gasteiger partial charge >= 0.3 is 0 Å². The zero-order valence-electron chi connectivity index (χ0n) is 16.0. The summed E-state index contributed by atoms with van der Waals surface area (Å²) < 4.78 is 7.10. The molecule has 0 unspecified atom stereocenters. The topological polar surface area (TPSA) is 71.8 Å². The molecule has 2 aromatic heterocycles. The Balaban J connectivity index is 1.60. The van der Waals surface area contributed by atoms with E-state index in [1.807, 2.05) is 55.6 Å². The first-order valence-corrected chi connectivity index (χ1v) is 9.01. The summed E-state index contributed by atoms with van der Waals surface area (Å²) in [6.45, 7) is 6.56. The molecule has 7 heteroatoms. The van der Waals surface area contributed by atoms with E-state index in [0.717, 1.165) is 39.9 Å². The van der Waals surface area contributed by atoms with E-state index in [2.05, 4.69) is 15.4 Å². The number of amides is 1. The number of anilines is 2. The van der Waals surface area contributed by atoms with Gasteiger partial charge in [-0.1, -0.05) is 6.07 Å². The largest absolute Gasteiger partial charge is 0.497 e. The third-order valence-electron chi connectivity index (χ3n) is 5.03. The molecule has 0 aliphatic carbocycles. The number of hydrogen-bond donors (Lipinski definition) is 1. The quantitative estimate of drug-likeness (QED) is 0.770. The minimum absolute atomic E-state index is 0.00138. The van der Waals surface area contributed by atoms with Crippen molar-refractivity contribution < 1.29 is 9.53 Å². The fourth-order valence-corrected chi connectivity index (χ4v) is 3.49. The zero-order valence-corrected chi connectivity index (χ0v) is 16.0. The molecule has 3 aromatic rings. The van der Waals surface area contributed by atoms with Crippen molar-refractivity contribution in [2.75, 3.05) is 23.9 Å². The second-order valence-corrected chi connectivity index (χ2v) is 6.98. The van der Waals surface area contributed by atoms with Crippen molar-refractivity contribution in [2.24, 2.45) is 0 Å². The van der Waals surface area contributed by atoms with E-state index >= 15 is 0 Å². The highest BCUT2D eigenvalue weighted by Gasteiger charge is 2.31. The van der Waals surface area contributed by atoms with E-state index in [0.29, 0.717) is 13.0 Å². The van der Waals surface area contributed by atoms with Gasteiger partial charge in [-0.25, -0.2) is 4.98 Å². The average molecular weight is 365 g/mol. The summed E-state index contributed by atoms with van der Waals surface area (Å²) in [6.07, 6.45) is 0.430. The van der Waals surface area contributed by atoms with Crippen LogP contribution in [-0.2, 0) is 4.79 Å². The Morgan fingerprint density at radius 3 is 2.81 bits per heavy atom. The Labute approximate surface area is 158 Å². The van der Waals surface area contributed by atoms with Gasteiger partial charge in [0, 0.05) is 42.0 Å². The molecule has 1 saturated heterocycles. The molecule has 4 rings (SSSR count). The van der Waals surface area contributed by atoms with Crippen LogP contribution < -0.4 is 15.0 Å². The number of carbonyl (C=O) groups excluding carboxylic acids is 1. The first kappa shape index (κ1) is 17.3. The highest BCUT2D eigenvalue weighted by atomic mass is 16.5. The lowest BCUT2D eigenvalue weighted by atomic mass is 10.2. The molecule has 0 bridgehead atoms. The van der Waals surface area contributed by atoms with E-state index in [9.17, 15) is 4.79 Å². The molecule has 1 atom stereocenters. The van der Waals surface area contributed by atoms with Crippen molar-refractivity contribution >= 4 is 23.1 Å². The number of rotatable bonds is 4. The molecule has 140 valence electrons. The van der Waals surface area contributed by atoms with Crippen LogP contribution in [0.2, 0.25) is 0 Å². The molecule has 0 spiro atoms. The number of nitrogens with zero attached hydrogens (tertiary/aromatic N) is 4. The van der Waals surface area contributed by atoms with Gasteiger partial charge in [-0.2, -0.15) is 9.61 Å². The average Bonchev–Trinajstić information content (AvgIpc) is 3.15. The van der Waals surface area contributed by atoms with Crippen LogP contribution in [0.4, 0.5) is 11.5 Å². The summed E-state index contributed by atoms with van der Waals surface area (Å²) in [5.74, 6) is 1.69. The number of benzene rings is 1. The monoisotopic (exact) mass is 365 g/mol. The molecule has 3 heterocycles. The van der Waals surface area contributed by atoms with Crippen LogP contribution >= 0.6 is 0 Å². The second kappa shape index (κ2) is 6.57. The maximum Gasteiger partial charge on any atom is 0.229 e. The lowest BCUT2D eigenvalue weighted by Crippen LogP contribution is -2.28. The molecule has 7 nitrogen and oxygen atoms in total. The van der Waals surface area contributed by atoms with Crippen LogP contribution in [0.25, 0.3) is 5.65 Å².